The van der Waals surface area contributed by atoms with E-state index in [1.54, 1.807) is 12.1 Å². The van der Waals surface area contributed by atoms with Gasteiger partial charge < -0.3 is 15.0 Å². The van der Waals surface area contributed by atoms with E-state index in [1.165, 1.54) is 25.1 Å². The maximum absolute atomic E-state index is 12.5. The van der Waals surface area contributed by atoms with Crippen molar-refractivity contribution in [3.63, 3.8) is 0 Å². The standard InChI is InChI=1S/C20H22ClN3O5/c1-23(10-17(25)22-15-9-12(21)7-8-16(15)29-2)18(26)11-24-19(27)13-5-3-4-6-14(13)20(24)28/h3-4,7-9,13-14H,5-6,10-11H2,1-2H3,(H,22,25)/t13-,14+. The van der Waals surface area contributed by atoms with Gasteiger partial charge in [0.2, 0.25) is 23.6 Å². The number of benzene rings is 1. The summed E-state index contributed by atoms with van der Waals surface area (Å²) in [4.78, 5) is 51.9. The predicted octanol–water partition coefficient (Wildman–Crippen LogP) is 1.70. The van der Waals surface area contributed by atoms with E-state index in [9.17, 15) is 19.2 Å². The molecule has 0 bridgehead atoms. The summed E-state index contributed by atoms with van der Waals surface area (Å²) in [5.74, 6) is -1.93. The minimum atomic E-state index is -0.494. The summed E-state index contributed by atoms with van der Waals surface area (Å²) in [5, 5.41) is 3.07. The Morgan fingerprint density at radius 3 is 2.41 bits per heavy atom. The normalized spacial score (nSPS) is 20.4. The van der Waals surface area contributed by atoms with Crippen LogP contribution < -0.4 is 10.1 Å². The van der Waals surface area contributed by atoms with Crippen LogP contribution in [-0.2, 0) is 19.2 Å². The number of hydrogen-bond donors (Lipinski definition) is 1. The first-order chi connectivity index (χ1) is 13.8. The van der Waals surface area contributed by atoms with Crippen molar-refractivity contribution in [2.24, 2.45) is 11.8 Å². The van der Waals surface area contributed by atoms with Gasteiger partial charge in [0.1, 0.15) is 12.3 Å². The highest BCUT2D eigenvalue weighted by atomic mass is 35.5. The van der Waals surface area contributed by atoms with Crippen LogP contribution in [0.25, 0.3) is 0 Å². The summed E-state index contributed by atoms with van der Waals surface area (Å²) in [7, 11) is 2.91. The van der Waals surface area contributed by atoms with Crippen LogP contribution in [0, 0.1) is 11.8 Å². The van der Waals surface area contributed by atoms with Crippen molar-refractivity contribution in [1.82, 2.24) is 9.80 Å². The predicted molar refractivity (Wildman–Crippen MR) is 106 cm³/mol. The number of ether oxygens (including phenoxy) is 1. The van der Waals surface area contributed by atoms with Crippen LogP contribution in [-0.4, -0.2) is 60.7 Å². The first-order valence-corrected chi connectivity index (χ1v) is 9.57. The zero-order valence-electron chi connectivity index (χ0n) is 16.2. The lowest BCUT2D eigenvalue weighted by Gasteiger charge is -2.21. The Morgan fingerprint density at radius 1 is 1.21 bits per heavy atom. The summed E-state index contributed by atoms with van der Waals surface area (Å²) in [5.41, 5.74) is 0.382. The van der Waals surface area contributed by atoms with Crippen LogP contribution in [0.5, 0.6) is 5.75 Å². The number of allylic oxidation sites excluding steroid dienone is 2. The molecular formula is C20H22ClN3O5. The molecule has 0 saturated carbocycles. The molecule has 1 aliphatic heterocycles. The van der Waals surface area contributed by atoms with Gasteiger partial charge in [0.15, 0.2) is 0 Å². The molecule has 0 aromatic heterocycles. The van der Waals surface area contributed by atoms with Crippen molar-refractivity contribution in [3.8, 4) is 5.75 Å². The van der Waals surface area contributed by atoms with Gasteiger partial charge in [0, 0.05) is 12.1 Å². The first kappa shape index (κ1) is 20.9. The van der Waals surface area contributed by atoms with Crippen molar-refractivity contribution in [3.05, 3.63) is 35.4 Å². The van der Waals surface area contributed by atoms with Crippen LogP contribution in [0.1, 0.15) is 12.8 Å². The van der Waals surface area contributed by atoms with Gasteiger partial charge in [-0.05, 0) is 31.0 Å². The lowest BCUT2D eigenvalue weighted by Crippen LogP contribution is -2.44. The molecule has 8 nitrogen and oxygen atoms in total. The summed E-state index contributed by atoms with van der Waals surface area (Å²) < 4.78 is 5.17. The van der Waals surface area contributed by atoms with Gasteiger partial charge in [0.25, 0.3) is 0 Å². The number of imide groups is 1. The lowest BCUT2D eigenvalue weighted by atomic mass is 9.85. The number of amides is 4. The van der Waals surface area contributed by atoms with Gasteiger partial charge in [-0.15, -0.1) is 0 Å². The van der Waals surface area contributed by atoms with Crippen LogP contribution in [0.2, 0.25) is 5.02 Å². The molecule has 2 aliphatic rings. The number of likely N-dealkylation sites (tertiary alicyclic amines) is 1. The van der Waals surface area contributed by atoms with Gasteiger partial charge in [-0.1, -0.05) is 23.8 Å². The zero-order chi connectivity index (χ0) is 21.1. The minimum Gasteiger partial charge on any atom is -0.495 e. The van der Waals surface area contributed by atoms with Crippen molar-refractivity contribution < 1.29 is 23.9 Å². The molecule has 9 heteroatoms. The number of likely N-dealkylation sites (N-methyl/N-ethyl adjacent to an activating group) is 1. The fourth-order valence-electron chi connectivity index (χ4n) is 3.55. The number of hydrogen-bond acceptors (Lipinski definition) is 5. The molecule has 0 spiro atoms. The SMILES string of the molecule is COc1ccc(Cl)cc1NC(=O)CN(C)C(=O)CN1C(=O)[C@H]2CC=CC[C@H]2C1=O. The van der Waals surface area contributed by atoms with E-state index in [0.717, 1.165) is 4.90 Å². The molecule has 2 atom stereocenters. The lowest BCUT2D eigenvalue weighted by molar-refractivity contribution is -0.146. The number of nitrogens with one attached hydrogen (secondary N) is 1. The highest BCUT2D eigenvalue weighted by molar-refractivity contribution is 6.31. The highest BCUT2D eigenvalue weighted by Crippen LogP contribution is 2.35. The maximum atomic E-state index is 12.5. The molecule has 154 valence electrons. The van der Waals surface area contributed by atoms with Crippen molar-refractivity contribution >= 4 is 40.9 Å². The average Bonchev–Trinajstić information content (AvgIpc) is 2.93. The molecule has 1 heterocycles. The Morgan fingerprint density at radius 2 is 1.83 bits per heavy atom. The molecule has 0 radical (unpaired) electrons. The Bertz CT molecular complexity index is 859. The number of nitrogens with zero attached hydrogens (tertiary/aromatic N) is 2. The van der Waals surface area contributed by atoms with E-state index >= 15 is 0 Å². The Balaban J connectivity index is 1.58. The topological polar surface area (TPSA) is 96.0 Å². The smallest absolute Gasteiger partial charge is 0.244 e. The number of carbonyl (C=O) groups is 4. The third kappa shape index (κ3) is 4.42. The van der Waals surface area contributed by atoms with Gasteiger partial charge >= 0.3 is 0 Å². The van der Waals surface area contributed by atoms with E-state index in [1.807, 2.05) is 12.2 Å². The van der Waals surface area contributed by atoms with Gasteiger partial charge in [-0.25, -0.2) is 0 Å². The third-order valence-electron chi connectivity index (χ3n) is 5.13. The second-order valence-electron chi connectivity index (χ2n) is 7.06. The molecule has 1 aromatic carbocycles. The fraction of sp³-hybridized carbons (Fsp3) is 0.400. The molecule has 1 fully saturated rings. The van der Waals surface area contributed by atoms with Crippen molar-refractivity contribution in [2.45, 2.75) is 12.8 Å². The van der Waals surface area contributed by atoms with E-state index in [0.29, 0.717) is 29.3 Å². The monoisotopic (exact) mass is 419 g/mol. The summed E-state index contributed by atoms with van der Waals surface area (Å²) in [6.45, 7) is -0.617. The molecule has 3 rings (SSSR count). The minimum absolute atomic E-state index is 0.251. The van der Waals surface area contributed by atoms with Crippen molar-refractivity contribution in [1.29, 1.82) is 0 Å². The van der Waals surface area contributed by atoms with E-state index < -0.39 is 11.8 Å². The van der Waals surface area contributed by atoms with Crippen LogP contribution >= 0.6 is 11.6 Å². The third-order valence-corrected chi connectivity index (χ3v) is 5.37. The second kappa shape index (κ2) is 8.65. The quantitative estimate of drug-likeness (QED) is 0.559. The van der Waals surface area contributed by atoms with E-state index in [-0.39, 0.29) is 36.7 Å². The number of methoxy groups -OCH3 is 1. The number of carbonyl (C=O) groups excluding carboxylic acids is 4. The molecule has 0 unspecified atom stereocenters. The van der Waals surface area contributed by atoms with Crippen molar-refractivity contribution in [2.75, 3.05) is 32.6 Å². The average molecular weight is 420 g/mol. The summed E-state index contributed by atoms with van der Waals surface area (Å²) >= 11 is 5.94. The largest absolute Gasteiger partial charge is 0.495 e. The molecular weight excluding hydrogens is 398 g/mol. The molecule has 1 saturated heterocycles. The zero-order valence-corrected chi connectivity index (χ0v) is 16.9. The summed E-state index contributed by atoms with van der Waals surface area (Å²) in [6, 6.07) is 4.78. The second-order valence-corrected chi connectivity index (χ2v) is 7.50. The van der Waals surface area contributed by atoms with E-state index in [2.05, 4.69) is 5.32 Å². The molecule has 1 aliphatic carbocycles. The van der Waals surface area contributed by atoms with Crippen LogP contribution in [0.4, 0.5) is 5.69 Å². The van der Waals surface area contributed by atoms with Gasteiger partial charge in [0.05, 0.1) is 31.2 Å². The molecule has 1 N–H and O–H groups in total. The number of halogens is 1. The molecule has 29 heavy (non-hydrogen) atoms. The molecule has 4 amide bonds. The Labute approximate surface area is 173 Å². The Hall–Kier alpha value is -2.87. The van der Waals surface area contributed by atoms with Gasteiger partial charge in [-0.3, -0.25) is 24.1 Å². The highest BCUT2D eigenvalue weighted by Gasteiger charge is 2.47. The van der Waals surface area contributed by atoms with Gasteiger partial charge in [-0.2, -0.15) is 0 Å². The van der Waals surface area contributed by atoms with Crippen LogP contribution in [0.15, 0.2) is 30.4 Å². The van der Waals surface area contributed by atoms with Crippen LogP contribution in [0.3, 0.4) is 0 Å². The maximum Gasteiger partial charge on any atom is 0.244 e. The Kier molecular flexibility index (Phi) is 6.22. The molecule has 1 aromatic rings. The summed E-state index contributed by atoms with van der Waals surface area (Å²) in [6.07, 6.45) is 4.80. The number of fused-ring (bicyclic) bond motifs is 1. The fourth-order valence-corrected chi connectivity index (χ4v) is 3.72. The first-order valence-electron chi connectivity index (χ1n) is 9.19. The van der Waals surface area contributed by atoms with E-state index in [4.69, 9.17) is 16.3 Å². The number of rotatable bonds is 6. The number of anilines is 1.